The molecule has 0 amide bonds. The molecule has 1 saturated carbocycles. The van der Waals surface area contributed by atoms with Gasteiger partial charge in [-0.3, -0.25) is 4.79 Å². The molecule has 3 saturated heterocycles. The van der Waals surface area contributed by atoms with Crippen molar-refractivity contribution >= 4 is 5.97 Å². The zero-order valence-corrected chi connectivity index (χ0v) is 16.0. The predicted molar refractivity (Wildman–Crippen MR) is 98.4 cm³/mol. The molecule has 5 nitrogen and oxygen atoms in total. The topological polar surface area (TPSA) is 44.8 Å². The average molecular weight is 350 g/mol. The summed E-state index contributed by atoms with van der Waals surface area (Å²) in [7, 11) is 2.31. The highest BCUT2D eigenvalue weighted by Crippen LogP contribution is 2.52. The third-order valence-corrected chi connectivity index (χ3v) is 7.63. The SMILES string of the molecule is CCOC(=O)C1CNCC12CC(N1CCC(C3CCCN3C)CC1)C2. The van der Waals surface area contributed by atoms with Crippen molar-refractivity contribution in [2.45, 2.75) is 57.5 Å². The van der Waals surface area contributed by atoms with Gasteiger partial charge < -0.3 is 19.9 Å². The van der Waals surface area contributed by atoms with Crippen LogP contribution in [0.5, 0.6) is 0 Å². The van der Waals surface area contributed by atoms with Crippen LogP contribution in [0.4, 0.5) is 0 Å². The molecule has 4 aliphatic rings. The van der Waals surface area contributed by atoms with Gasteiger partial charge in [-0.2, -0.15) is 0 Å². The summed E-state index contributed by atoms with van der Waals surface area (Å²) >= 11 is 0. The molecule has 142 valence electrons. The largest absolute Gasteiger partial charge is 0.466 e. The van der Waals surface area contributed by atoms with Crippen LogP contribution in [0.25, 0.3) is 0 Å². The Morgan fingerprint density at radius 2 is 1.96 bits per heavy atom. The van der Waals surface area contributed by atoms with E-state index < -0.39 is 0 Å². The van der Waals surface area contributed by atoms with Crippen molar-refractivity contribution in [2.75, 3.05) is 46.4 Å². The highest BCUT2D eigenvalue weighted by Gasteiger charge is 2.56. The number of nitrogens with zero attached hydrogens (tertiary/aromatic N) is 2. The lowest BCUT2D eigenvalue weighted by Crippen LogP contribution is -2.57. The number of likely N-dealkylation sites (tertiary alicyclic amines) is 2. The van der Waals surface area contributed by atoms with E-state index in [1.54, 1.807) is 0 Å². The fourth-order valence-electron chi connectivity index (χ4n) is 6.15. The van der Waals surface area contributed by atoms with E-state index in [0.29, 0.717) is 12.6 Å². The number of hydrogen-bond donors (Lipinski definition) is 1. The summed E-state index contributed by atoms with van der Waals surface area (Å²) in [6.07, 6.45) is 7.86. The molecule has 5 heteroatoms. The monoisotopic (exact) mass is 349 g/mol. The second kappa shape index (κ2) is 7.16. The van der Waals surface area contributed by atoms with Crippen LogP contribution in [0.3, 0.4) is 0 Å². The molecule has 1 aliphatic carbocycles. The second-order valence-electron chi connectivity index (χ2n) is 8.92. The van der Waals surface area contributed by atoms with E-state index in [4.69, 9.17) is 4.74 Å². The van der Waals surface area contributed by atoms with Crippen molar-refractivity contribution < 1.29 is 9.53 Å². The van der Waals surface area contributed by atoms with Crippen molar-refractivity contribution in [1.29, 1.82) is 0 Å². The first-order valence-corrected chi connectivity index (χ1v) is 10.4. The van der Waals surface area contributed by atoms with E-state index in [1.807, 2.05) is 6.92 Å². The first-order valence-electron chi connectivity index (χ1n) is 10.4. The molecule has 2 atom stereocenters. The molecular formula is C20H35N3O2. The third-order valence-electron chi connectivity index (χ3n) is 7.63. The van der Waals surface area contributed by atoms with Gasteiger partial charge in [0, 0.05) is 30.6 Å². The normalized spacial score (nSPS) is 40.5. The Morgan fingerprint density at radius 3 is 2.60 bits per heavy atom. The molecule has 3 aliphatic heterocycles. The summed E-state index contributed by atoms with van der Waals surface area (Å²) in [4.78, 5) is 17.6. The molecule has 1 N–H and O–H groups in total. The van der Waals surface area contributed by atoms with E-state index in [0.717, 1.165) is 25.0 Å². The summed E-state index contributed by atoms with van der Waals surface area (Å²) in [5.41, 5.74) is 0.180. The fourth-order valence-corrected chi connectivity index (χ4v) is 6.15. The Kier molecular flexibility index (Phi) is 5.09. The van der Waals surface area contributed by atoms with Crippen molar-refractivity contribution in [3.63, 3.8) is 0 Å². The summed E-state index contributed by atoms with van der Waals surface area (Å²) < 4.78 is 5.32. The van der Waals surface area contributed by atoms with Gasteiger partial charge in [0.2, 0.25) is 0 Å². The molecule has 0 radical (unpaired) electrons. The number of rotatable bonds is 4. The van der Waals surface area contributed by atoms with Gasteiger partial charge in [0.1, 0.15) is 0 Å². The van der Waals surface area contributed by atoms with Crippen molar-refractivity contribution in [3.8, 4) is 0 Å². The maximum Gasteiger partial charge on any atom is 0.310 e. The van der Waals surface area contributed by atoms with E-state index in [2.05, 4.69) is 22.2 Å². The Bertz CT molecular complexity index is 483. The highest BCUT2D eigenvalue weighted by atomic mass is 16.5. The van der Waals surface area contributed by atoms with Crippen LogP contribution < -0.4 is 5.32 Å². The average Bonchev–Trinajstić information content (AvgIpc) is 3.20. The molecule has 4 rings (SSSR count). The van der Waals surface area contributed by atoms with Crippen LogP contribution in [0.2, 0.25) is 0 Å². The van der Waals surface area contributed by atoms with Crippen molar-refractivity contribution in [2.24, 2.45) is 17.3 Å². The summed E-state index contributed by atoms with van der Waals surface area (Å²) in [5, 5.41) is 3.45. The van der Waals surface area contributed by atoms with Gasteiger partial charge in [-0.05, 0) is 78.0 Å². The summed E-state index contributed by atoms with van der Waals surface area (Å²) in [5.74, 6) is 1.00. The van der Waals surface area contributed by atoms with Crippen molar-refractivity contribution in [1.82, 2.24) is 15.1 Å². The minimum Gasteiger partial charge on any atom is -0.466 e. The summed E-state index contributed by atoms with van der Waals surface area (Å²) in [6, 6.07) is 1.53. The number of ether oxygens (including phenoxy) is 1. The molecule has 25 heavy (non-hydrogen) atoms. The first-order chi connectivity index (χ1) is 12.1. The Labute approximate surface area is 152 Å². The van der Waals surface area contributed by atoms with Crippen LogP contribution in [0.15, 0.2) is 0 Å². The Hall–Kier alpha value is -0.650. The predicted octanol–water partition coefficient (Wildman–Crippen LogP) is 1.72. The van der Waals surface area contributed by atoms with Crippen LogP contribution in [-0.4, -0.2) is 74.2 Å². The highest BCUT2D eigenvalue weighted by molar-refractivity contribution is 5.74. The van der Waals surface area contributed by atoms with Crippen LogP contribution >= 0.6 is 0 Å². The molecule has 1 spiro atoms. The second-order valence-corrected chi connectivity index (χ2v) is 8.92. The number of esters is 1. The lowest BCUT2D eigenvalue weighted by Gasteiger charge is -2.53. The maximum absolute atomic E-state index is 12.3. The van der Waals surface area contributed by atoms with E-state index in [1.165, 1.54) is 58.2 Å². The van der Waals surface area contributed by atoms with Gasteiger partial charge >= 0.3 is 5.97 Å². The minimum absolute atomic E-state index is 0.0222. The fraction of sp³-hybridized carbons (Fsp3) is 0.950. The maximum atomic E-state index is 12.3. The van der Waals surface area contributed by atoms with Gasteiger partial charge in [-0.15, -0.1) is 0 Å². The van der Waals surface area contributed by atoms with Crippen LogP contribution in [0, 0.1) is 17.3 Å². The Morgan fingerprint density at radius 1 is 1.20 bits per heavy atom. The standard InChI is InChI=1S/C20H35N3O2/c1-3-25-19(24)17-13-21-14-20(17)11-16(12-20)23-9-6-15(7-10-23)18-5-4-8-22(18)2/h15-18,21H,3-14H2,1-2H3. The molecule has 0 bridgehead atoms. The molecular weight excluding hydrogens is 314 g/mol. The van der Waals surface area contributed by atoms with Gasteiger partial charge in [-0.1, -0.05) is 0 Å². The molecule has 2 unspecified atom stereocenters. The van der Waals surface area contributed by atoms with Gasteiger partial charge in [-0.25, -0.2) is 0 Å². The number of carbonyl (C=O) groups is 1. The van der Waals surface area contributed by atoms with Crippen molar-refractivity contribution in [3.05, 3.63) is 0 Å². The zero-order valence-electron chi connectivity index (χ0n) is 16.0. The third kappa shape index (κ3) is 3.24. The van der Waals surface area contributed by atoms with Crippen LogP contribution in [-0.2, 0) is 9.53 Å². The Balaban J connectivity index is 1.28. The minimum atomic E-state index is 0.0222. The number of hydrogen-bond acceptors (Lipinski definition) is 5. The quantitative estimate of drug-likeness (QED) is 0.783. The molecule has 4 fully saturated rings. The zero-order chi connectivity index (χ0) is 17.4. The van der Waals surface area contributed by atoms with E-state index in [-0.39, 0.29) is 17.3 Å². The molecule has 0 aromatic heterocycles. The van der Waals surface area contributed by atoms with Crippen LogP contribution in [0.1, 0.15) is 45.4 Å². The smallest absolute Gasteiger partial charge is 0.310 e. The van der Waals surface area contributed by atoms with Gasteiger partial charge in [0.25, 0.3) is 0 Å². The number of carbonyl (C=O) groups excluding carboxylic acids is 1. The molecule has 0 aromatic carbocycles. The molecule has 0 aromatic rings. The molecule has 3 heterocycles. The van der Waals surface area contributed by atoms with Gasteiger partial charge in [0.15, 0.2) is 0 Å². The van der Waals surface area contributed by atoms with E-state index in [9.17, 15) is 4.79 Å². The van der Waals surface area contributed by atoms with E-state index >= 15 is 0 Å². The first kappa shape index (κ1) is 17.7. The number of nitrogens with one attached hydrogen (secondary N) is 1. The summed E-state index contributed by atoms with van der Waals surface area (Å²) in [6.45, 7) is 8.01. The lowest BCUT2D eigenvalue weighted by atomic mass is 9.59. The van der Waals surface area contributed by atoms with Gasteiger partial charge in [0.05, 0.1) is 12.5 Å². The number of piperidine rings is 1. The lowest BCUT2D eigenvalue weighted by molar-refractivity contribution is -0.155.